The highest BCUT2D eigenvalue weighted by Crippen LogP contribution is 2.30. The van der Waals surface area contributed by atoms with Gasteiger partial charge in [0.05, 0.1) is 12.5 Å². The van der Waals surface area contributed by atoms with Crippen molar-refractivity contribution >= 4 is 17.9 Å². The van der Waals surface area contributed by atoms with E-state index in [1.807, 2.05) is 0 Å². The maximum atomic E-state index is 12.0. The SMILES string of the molecule is C[C@@]1(O)C(=O)O[C@H](COC(=O)c2ccco2)[C@H]1OC(=O)c1ccco1. The lowest BCUT2D eigenvalue weighted by molar-refractivity contribution is -0.155. The van der Waals surface area contributed by atoms with Gasteiger partial charge in [-0.2, -0.15) is 0 Å². The number of carbonyl (C=O) groups excluding carboxylic acids is 3. The minimum Gasteiger partial charge on any atom is -0.457 e. The summed E-state index contributed by atoms with van der Waals surface area (Å²) in [6.45, 7) is 0.710. The average Bonchev–Trinajstić information content (AvgIpc) is 3.31. The Bertz CT molecular complexity index is 758. The van der Waals surface area contributed by atoms with Gasteiger partial charge in [0, 0.05) is 0 Å². The first-order valence-corrected chi connectivity index (χ1v) is 7.28. The van der Waals surface area contributed by atoms with Gasteiger partial charge in [0.15, 0.2) is 17.8 Å². The van der Waals surface area contributed by atoms with E-state index in [0.717, 1.165) is 6.92 Å². The summed E-state index contributed by atoms with van der Waals surface area (Å²) in [4.78, 5) is 35.6. The quantitative estimate of drug-likeness (QED) is 0.619. The zero-order valence-corrected chi connectivity index (χ0v) is 13.0. The molecule has 0 aromatic carbocycles. The van der Waals surface area contributed by atoms with E-state index < -0.39 is 42.3 Å². The lowest BCUT2D eigenvalue weighted by Gasteiger charge is -2.23. The molecule has 1 fully saturated rings. The molecule has 2 aromatic heterocycles. The Morgan fingerprint density at radius 3 is 2.32 bits per heavy atom. The third kappa shape index (κ3) is 3.26. The van der Waals surface area contributed by atoms with E-state index in [-0.39, 0.29) is 11.5 Å². The van der Waals surface area contributed by atoms with Gasteiger partial charge in [-0.25, -0.2) is 14.4 Å². The summed E-state index contributed by atoms with van der Waals surface area (Å²) in [5, 5.41) is 10.2. The molecule has 132 valence electrons. The second-order valence-corrected chi connectivity index (χ2v) is 5.47. The van der Waals surface area contributed by atoms with E-state index in [0.29, 0.717) is 0 Å². The number of cyclic esters (lactones) is 1. The molecule has 1 aliphatic rings. The van der Waals surface area contributed by atoms with Crippen molar-refractivity contribution < 1.29 is 42.5 Å². The molecule has 0 spiro atoms. The molecule has 0 radical (unpaired) electrons. The molecule has 0 aliphatic carbocycles. The Morgan fingerprint density at radius 2 is 1.76 bits per heavy atom. The van der Waals surface area contributed by atoms with Gasteiger partial charge in [0.2, 0.25) is 11.5 Å². The zero-order chi connectivity index (χ0) is 18.0. The van der Waals surface area contributed by atoms with Gasteiger partial charge in [-0.15, -0.1) is 0 Å². The highest BCUT2D eigenvalue weighted by Gasteiger charge is 2.56. The van der Waals surface area contributed by atoms with Crippen molar-refractivity contribution in [2.45, 2.75) is 24.7 Å². The second-order valence-electron chi connectivity index (χ2n) is 5.47. The lowest BCUT2D eigenvalue weighted by Crippen LogP contribution is -2.47. The van der Waals surface area contributed by atoms with Crippen molar-refractivity contribution in [2.24, 2.45) is 0 Å². The maximum absolute atomic E-state index is 12.0. The van der Waals surface area contributed by atoms with Crippen LogP contribution >= 0.6 is 0 Å². The largest absolute Gasteiger partial charge is 0.457 e. The molecule has 3 rings (SSSR count). The van der Waals surface area contributed by atoms with Crippen molar-refractivity contribution in [3.05, 3.63) is 48.3 Å². The molecule has 9 heteroatoms. The van der Waals surface area contributed by atoms with Crippen LogP contribution in [-0.4, -0.2) is 47.4 Å². The number of aliphatic hydroxyl groups is 1. The molecule has 0 saturated carbocycles. The van der Waals surface area contributed by atoms with Crippen molar-refractivity contribution in [3.8, 4) is 0 Å². The number of hydrogen-bond donors (Lipinski definition) is 1. The Kier molecular flexibility index (Phi) is 4.32. The van der Waals surface area contributed by atoms with E-state index in [4.69, 9.17) is 23.0 Å². The van der Waals surface area contributed by atoms with Crippen LogP contribution in [0.3, 0.4) is 0 Å². The fourth-order valence-corrected chi connectivity index (χ4v) is 2.30. The number of carbonyl (C=O) groups is 3. The van der Waals surface area contributed by atoms with Gasteiger partial charge in [-0.05, 0) is 31.2 Å². The molecule has 1 N–H and O–H groups in total. The molecule has 0 bridgehead atoms. The summed E-state index contributed by atoms with van der Waals surface area (Å²) >= 11 is 0. The zero-order valence-electron chi connectivity index (χ0n) is 13.0. The summed E-state index contributed by atoms with van der Waals surface area (Å²) in [6.07, 6.45) is 0.000744. The minimum absolute atomic E-state index is 0.0415. The molecule has 3 atom stereocenters. The molecular formula is C16H14O9. The highest BCUT2D eigenvalue weighted by atomic mass is 16.6. The molecule has 1 aliphatic heterocycles. The molecular weight excluding hydrogens is 336 g/mol. The number of rotatable bonds is 5. The third-order valence-corrected chi connectivity index (χ3v) is 3.62. The van der Waals surface area contributed by atoms with Gasteiger partial charge in [-0.1, -0.05) is 0 Å². The first-order valence-electron chi connectivity index (χ1n) is 7.28. The first-order chi connectivity index (χ1) is 11.9. The predicted octanol–water partition coefficient (Wildman–Crippen LogP) is 0.931. The normalized spacial score (nSPS) is 25.4. The molecule has 0 amide bonds. The standard InChI is InChI=1S/C16H14O9/c1-16(20)12(25-14(18)10-5-3-7-22-10)11(24-15(16)19)8-23-13(17)9-4-2-6-21-9/h2-7,11-12,20H,8H2,1H3/t11-,12-,16+/m1/s1. The van der Waals surface area contributed by atoms with Crippen LogP contribution in [0.5, 0.6) is 0 Å². The van der Waals surface area contributed by atoms with Crippen LogP contribution in [0, 0.1) is 0 Å². The van der Waals surface area contributed by atoms with Crippen molar-refractivity contribution in [1.82, 2.24) is 0 Å². The Balaban J connectivity index is 1.69. The Morgan fingerprint density at radius 1 is 1.16 bits per heavy atom. The number of ether oxygens (including phenoxy) is 3. The Labute approximate surface area is 141 Å². The van der Waals surface area contributed by atoms with Crippen LogP contribution in [0.25, 0.3) is 0 Å². The summed E-state index contributed by atoms with van der Waals surface area (Å²) < 4.78 is 24.9. The molecule has 2 aromatic rings. The molecule has 9 nitrogen and oxygen atoms in total. The first kappa shape index (κ1) is 16.8. The molecule has 1 saturated heterocycles. The summed E-state index contributed by atoms with van der Waals surface area (Å²) in [5.41, 5.74) is -2.09. The molecule has 0 unspecified atom stereocenters. The van der Waals surface area contributed by atoms with Crippen LogP contribution in [0.2, 0.25) is 0 Å². The van der Waals surface area contributed by atoms with E-state index in [1.54, 1.807) is 0 Å². The van der Waals surface area contributed by atoms with Gasteiger partial charge >= 0.3 is 17.9 Å². The van der Waals surface area contributed by atoms with Gasteiger partial charge < -0.3 is 28.2 Å². The smallest absolute Gasteiger partial charge is 0.374 e. The average molecular weight is 350 g/mol. The summed E-state index contributed by atoms with van der Waals surface area (Å²) in [5.74, 6) is -2.83. The summed E-state index contributed by atoms with van der Waals surface area (Å²) in [6, 6.07) is 5.74. The monoisotopic (exact) mass is 350 g/mol. The van der Waals surface area contributed by atoms with Crippen LogP contribution in [0.15, 0.2) is 45.6 Å². The molecule has 3 heterocycles. The lowest BCUT2D eigenvalue weighted by atomic mass is 9.98. The highest BCUT2D eigenvalue weighted by molar-refractivity contribution is 5.88. The van der Waals surface area contributed by atoms with Crippen molar-refractivity contribution in [3.63, 3.8) is 0 Å². The topological polar surface area (TPSA) is 125 Å². The van der Waals surface area contributed by atoms with Gasteiger partial charge in [0.1, 0.15) is 6.61 Å². The second kappa shape index (κ2) is 6.44. The molecule has 25 heavy (non-hydrogen) atoms. The van der Waals surface area contributed by atoms with Crippen molar-refractivity contribution in [2.75, 3.05) is 6.61 Å². The fraction of sp³-hybridized carbons (Fsp3) is 0.312. The maximum Gasteiger partial charge on any atom is 0.374 e. The summed E-state index contributed by atoms with van der Waals surface area (Å²) in [7, 11) is 0. The predicted molar refractivity (Wildman–Crippen MR) is 77.4 cm³/mol. The van der Waals surface area contributed by atoms with Crippen LogP contribution in [-0.2, 0) is 19.0 Å². The minimum atomic E-state index is -2.09. The van der Waals surface area contributed by atoms with E-state index >= 15 is 0 Å². The number of esters is 3. The Hall–Kier alpha value is -3.07. The van der Waals surface area contributed by atoms with E-state index in [2.05, 4.69) is 0 Å². The number of furan rings is 2. The van der Waals surface area contributed by atoms with Gasteiger partial charge in [0.25, 0.3) is 0 Å². The van der Waals surface area contributed by atoms with Gasteiger partial charge in [-0.3, -0.25) is 0 Å². The van der Waals surface area contributed by atoms with E-state index in [9.17, 15) is 19.5 Å². The van der Waals surface area contributed by atoms with E-state index in [1.165, 1.54) is 36.8 Å². The third-order valence-electron chi connectivity index (χ3n) is 3.62. The van der Waals surface area contributed by atoms with Crippen molar-refractivity contribution in [1.29, 1.82) is 0 Å². The van der Waals surface area contributed by atoms with Crippen LogP contribution in [0.1, 0.15) is 28.0 Å². The fourth-order valence-electron chi connectivity index (χ4n) is 2.30. The van der Waals surface area contributed by atoms with Crippen LogP contribution in [0.4, 0.5) is 0 Å². The van der Waals surface area contributed by atoms with Crippen LogP contribution < -0.4 is 0 Å². The number of hydrogen-bond acceptors (Lipinski definition) is 9.